The first-order chi connectivity index (χ1) is 13.7. The van der Waals surface area contributed by atoms with Crippen LogP contribution in [-0.2, 0) is 19.2 Å². The molecule has 0 bridgehead atoms. The summed E-state index contributed by atoms with van der Waals surface area (Å²) < 4.78 is 0. The fourth-order valence-corrected chi connectivity index (χ4v) is 1.78. The van der Waals surface area contributed by atoms with Gasteiger partial charge in [-0.1, -0.05) is 34.6 Å². The number of primary amides is 1. The Labute approximate surface area is 181 Å². The van der Waals surface area contributed by atoms with Crippen LogP contribution in [0, 0.1) is 17.8 Å². The van der Waals surface area contributed by atoms with Crippen LogP contribution < -0.4 is 16.4 Å². The summed E-state index contributed by atoms with van der Waals surface area (Å²) in [5.74, 6) is -1.41. The Bertz CT molecular complexity index is 493. The molecular formula is C21H43N3O6. The summed E-state index contributed by atoms with van der Waals surface area (Å²) in [5.41, 5.74) is 4.77. The summed E-state index contributed by atoms with van der Waals surface area (Å²) in [5, 5.41) is 21.6. The first-order valence-electron chi connectivity index (χ1n) is 10.4. The lowest BCUT2D eigenvalue weighted by Crippen LogP contribution is -2.36. The number of hydrogen-bond donors (Lipinski definition) is 5. The summed E-state index contributed by atoms with van der Waals surface area (Å²) in [6.07, 6.45) is 2.32. The molecule has 9 heteroatoms. The fraction of sp³-hybridized carbons (Fsp3) is 0.810. The van der Waals surface area contributed by atoms with Gasteiger partial charge in [-0.2, -0.15) is 0 Å². The number of aliphatic hydroxyl groups excluding tert-OH is 1. The van der Waals surface area contributed by atoms with E-state index in [1.54, 1.807) is 0 Å². The molecule has 0 aliphatic carbocycles. The van der Waals surface area contributed by atoms with E-state index in [9.17, 15) is 19.2 Å². The SMILES string of the molecule is CC(C)CCC(=O)NC(C)C.CC(C)CCO.CC(CC(=O)O)C(=O)NCC(N)=O. The summed E-state index contributed by atoms with van der Waals surface area (Å²) in [7, 11) is 0. The number of carbonyl (C=O) groups excluding carboxylic acids is 3. The largest absolute Gasteiger partial charge is 0.481 e. The molecule has 0 aliphatic heterocycles. The van der Waals surface area contributed by atoms with Gasteiger partial charge in [0.25, 0.3) is 0 Å². The number of aliphatic hydroxyl groups is 1. The van der Waals surface area contributed by atoms with Gasteiger partial charge in [0.15, 0.2) is 0 Å². The normalized spacial score (nSPS) is 11.0. The molecule has 0 saturated heterocycles. The van der Waals surface area contributed by atoms with E-state index in [-0.39, 0.29) is 24.9 Å². The minimum atomic E-state index is -1.05. The number of nitrogens with one attached hydrogen (secondary N) is 2. The average molecular weight is 434 g/mol. The van der Waals surface area contributed by atoms with Gasteiger partial charge >= 0.3 is 5.97 Å². The number of carboxylic acid groups (broad SMARTS) is 1. The van der Waals surface area contributed by atoms with Gasteiger partial charge in [0.1, 0.15) is 0 Å². The molecule has 9 nitrogen and oxygen atoms in total. The molecule has 0 aliphatic rings. The molecule has 178 valence electrons. The third-order valence-corrected chi connectivity index (χ3v) is 3.47. The van der Waals surface area contributed by atoms with Crippen LogP contribution >= 0.6 is 0 Å². The van der Waals surface area contributed by atoms with E-state index in [1.165, 1.54) is 6.92 Å². The summed E-state index contributed by atoms with van der Waals surface area (Å²) in [6, 6.07) is 0.273. The maximum Gasteiger partial charge on any atom is 0.304 e. The van der Waals surface area contributed by atoms with Crippen LogP contribution in [0.15, 0.2) is 0 Å². The number of amides is 3. The molecule has 0 fully saturated rings. The first kappa shape index (κ1) is 32.5. The molecule has 0 radical (unpaired) electrons. The van der Waals surface area contributed by atoms with E-state index in [0.717, 1.165) is 12.8 Å². The zero-order valence-corrected chi connectivity index (χ0v) is 19.7. The Kier molecular flexibility index (Phi) is 21.8. The smallest absolute Gasteiger partial charge is 0.304 e. The number of carbonyl (C=O) groups is 4. The van der Waals surface area contributed by atoms with E-state index in [1.807, 2.05) is 13.8 Å². The predicted molar refractivity (Wildman–Crippen MR) is 118 cm³/mol. The predicted octanol–water partition coefficient (Wildman–Crippen LogP) is 1.67. The van der Waals surface area contributed by atoms with Crippen LogP contribution in [0.25, 0.3) is 0 Å². The molecule has 0 heterocycles. The van der Waals surface area contributed by atoms with Gasteiger partial charge in [0, 0.05) is 25.0 Å². The lowest BCUT2D eigenvalue weighted by Gasteiger charge is -2.08. The zero-order chi connectivity index (χ0) is 24.3. The van der Waals surface area contributed by atoms with Crippen molar-refractivity contribution in [2.45, 2.75) is 80.2 Å². The highest BCUT2D eigenvalue weighted by Crippen LogP contribution is 2.03. The van der Waals surface area contributed by atoms with Crippen molar-refractivity contribution in [2.75, 3.05) is 13.2 Å². The van der Waals surface area contributed by atoms with Crippen molar-refractivity contribution in [1.29, 1.82) is 0 Å². The third kappa shape index (κ3) is 30.6. The number of nitrogens with two attached hydrogens (primary N) is 1. The number of carboxylic acids is 1. The van der Waals surface area contributed by atoms with Crippen LogP contribution in [0.4, 0.5) is 0 Å². The molecule has 0 rings (SSSR count). The number of aliphatic carboxylic acids is 1. The second kappa shape index (κ2) is 20.1. The molecule has 0 spiro atoms. The van der Waals surface area contributed by atoms with Crippen LogP contribution in [0.2, 0.25) is 0 Å². The molecule has 1 atom stereocenters. The molecule has 0 saturated carbocycles. The van der Waals surface area contributed by atoms with E-state index in [0.29, 0.717) is 24.9 Å². The number of rotatable bonds is 11. The van der Waals surface area contributed by atoms with Crippen LogP contribution in [-0.4, -0.2) is 53.1 Å². The minimum Gasteiger partial charge on any atom is -0.481 e. The van der Waals surface area contributed by atoms with Gasteiger partial charge in [0.05, 0.1) is 13.0 Å². The van der Waals surface area contributed by atoms with Crippen LogP contribution in [0.5, 0.6) is 0 Å². The molecule has 1 unspecified atom stereocenters. The van der Waals surface area contributed by atoms with Crippen LogP contribution in [0.3, 0.4) is 0 Å². The molecule has 0 aromatic rings. The van der Waals surface area contributed by atoms with Gasteiger partial charge in [0.2, 0.25) is 17.7 Å². The van der Waals surface area contributed by atoms with Crippen molar-refractivity contribution in [3.05, 3.63) is 0 Å². The standard InChI is InChI=1S/C9H19NO.C7H12N2O4.C5H12O/c1-7(2)5-6-9(11)10-8(3)4;1-4(2-6(11)12)7(13)9-3-5(8)10;1-5(2)3-4-6/h7-8H,5-6H2,1-4H3,(H,10,11);4H,2-3H2,1H3,(H2,8,10)(H,9,13)(H,11,12);5-6H,3-4H2,1-2H3. The van der Waals surface area contributed by atoms with Gasteiger partial charge in [-0.15, -0.1) is 0 Å². The molecule has 30 heavy (non-hydrogen) atoms. The lowest BCUT2D eigenvalue weighted by molar-refractivity contribution is -0.140. The van der Waals surface area contributed by atoms with Crippen LogP contribution in [0.1, 0.15) is 74.1 Å². The second-order valence-electron chi connectivity index (χ2n) is 8.24. The monoisotopic (exact) mass is 433 g/mol. The maximum atomic E-state index is 11.0. The Morgan fingerprint density at radius 3 is 1.70 bits per heavy atom. The van der Waals surface area contributed by atoms with Gasteiger partial charge in [-0.25, -0.2) is 0 Å². The van der Waals surface area contributed by atoms with Crippen molar-refractivity contribution >= 4 is 23.7 Å². The van der Waals surface area contributed by atoms with Crippen molar-refractivity contribution in [1.82, 2.24) is 10.6 Å². The van der Waals surface area contributed by atoms with Crippen molar-refractivity contribution < 1.29 is 29.4 Å². The Hall–Kier alpha value is -2.16. The van der Waals surface area contributed by atoms with E-state index in [2.05, 4.69) is 38.3 Å². The lowest BCUT2D eigenvalue weighted by atomic mass is 10.1. The first-order valence-corrected chi connectivity index (χ1v) is 10.4. The van der Waals surface area contributed by atoms with Gasteiger partial charge in [-0.3, -0.25) is 19.2 Å². The molecule has 0 aromatic carbocycles. The van der Waals surface area contributed by atoms with Gasteiger partial charge in [-0.05, 0) is 38.5 Å². The molecule has 0 aromatic heterocycles. The zero-order valence-electron chi connectivity index (χ0n) is 19.7. The summed E-state index contributed by atoms with van der Waals surface area (Å²) in [4.78, 5) is 42.5. The van der Waals surface area contributed by atoms with Crippen molar-refractivity contribution in [3.63, 3.8) is 0 Å². The quantitative estimate of drug-likeness (QED) is 0.333. The Balaban J connectivity index is -0.000000389. The Morgan fingerprint density at radius 2 is 1.40 bits per heavy atom. The molecular weight excluding hydrogens is 390 g/mol. The van der Waals surface area contributed by atoms with E-state index < -0.39 is 23.7 Å². The topological polar surface area (TPSA) is 159 Å². The Morgan fingerprint density at radius 1 is 0.900 bits per heavy atom. The van der Waals surface area contributed by atoms with E-state index >= 15 is 0 Å². The third-order valence-electron chi connectivity index (χ3n) is 3.47. The highest BCUT2D eigenvalue weighted by Gasteiger charge is 2.16. The highest BCUT2D eigenvalue weighted by molar-refractivity contribution is 5.86. The second-order valence-corrected chi connectivity index (χ2v) is 8.24. The fourth-order valence-electron chi connectivity index (χ4n) is 1.78. The minimum absolute atomic E-state index is 0.175. The van der Waals surface area contributed by atoms with E-state index in [4.69, 9.17) is 15.9 Å². The maximum absolute atomic E-state index is 11.0. The van der Waals surface area contributed by atoms with Gasteiger partial charge < -0.3 is 26.6 Å². The average Bonchev–Trinajstić information content (AvgIpc) is 2.57. The van der Waals surface area contributed by atoms with Crippen molar-refractivity contribution in [2.24, 2.45) is 23.5 Å². The molecule has 6 N–H and O–H groups in total. The summed E-state index contributed by atoms with van der Waals surface area (Å²) >= 11 is 0. The van der Waals surface area contributed by atoms with Crippen molar-refractivity contribution in [3.8, 4) is 0 Å². The molecule has 3 amide bonds. The summed E-state index contributed by atoms with van der Waals surface area (Å²) in [6.45, 7) is 13.9. The number of hydrogen-bond acceptors (Lipinski definition) is 5. The highest BCUT2D eigenvalue weighted by atomic mass is 16.4.